The van der Waals surface area contributed by atoms with Crippen LogP contribution in [0.1, 0.15) is 22.5 Å². The molecule has 20 heteroatoms. The summed E-state index contributed by atoms with van der Waals surface area (Å²) in [7, 11) is -4.34. The van der Waals surface area contributed by atoms with Gasteiger partial charge < -0.3 is 4.89 Å². The maximum atomic E-state index is 13.9. The Kier molecular flexibility index (Phi) is 13.7. The Hall–Kier alpha value is -4.90. The molecule has 4 aromatic carbocycles. The fourth-order valence-corrected chi connectivity index (χ4v) is 9.73. The molecule has 0 radical (unpaired) electrons. The van der Waals surface area contributed by atoms with Gasteiger partial charge in [0.05, 0.1) is 24.2 Å². The van der Waals surface area contributed by atoms with Crippen molar-refractivity contribution < 1.29 is 41.2 Å². The summed E-state index contributed by atoms with van der Waals surface area (Å²) in [6.45, 7) is 3.18. The minimum atomic E-state index is -3.95. The van der Waals surface area contributed by atoms with Gasteiger partial charge in [-0.3, -0.25) is 45.0 Å². The molecule has 2 amide bonds. The number of carbonyl (C=O) groups excluding carboxylic acids is 2. The molecule has 1 atom stereocenters. The zero-order chi connectivity index (χ0) is 42.7. The molecule has 2 heterocycles. The van der Waals surface area contributed by atoms with Crippen LogP contribution in [0.15, 0.2) is 84.9 Å². The first-order chi connectivity index (χ1) is 27.1. The van der Waals surface area contributed by atoms with Gasteiger partial charge in [-0.15, -0.1) is 0 Å². The summed E-state index contributed by atoms with van der Waals surface area (Å²) in [6, 6.07) is 19.6. The second kappa shape index (κ2) is 17.9. The standard InChI is InChI=1S/C19H19F2N4O2PS.C19H18F2N3O3PS/c1-11-18(28(22,23)27)29-19(24-11)25(2)17(26)9-12-3-5-13(6-4-12)15-10-14(20)7-8-16(15)21;1-11-18(28(22,26)27)29-19(23-11)24(2)17(25)9-12-3-5-13(6-4-12)15-10-14(20)7-8-16(15)21/h3-8,10H,9H2,1-2H3,(H4,22,23,27);3-8,10H,9H2,1-2H3,(H3,22,26,27). The molecule has 6 rings (SSSR count). The van der Waals surface area contributed by atoms with Crippen molar-refractivity contribution in [1.29, 1.82) is 0 Å². The summed E-state index contributed by atoms with van der Waals surface area (Å²) in [5.41, 5.74) is 19.7. The zero-order valence-corrected chi connectivity index (χ0v) is 34.7. The van der Waals surface area contributed by atoms with Gasteiger partial charge in [-0.1, -0.05) is 71.2 Å². The molecular weight excluding hydrogens is 837 g/mol. The maximum Gasteiger partial charge on any atom is 0.306 e. The summed E-state index contributed by atoms with van der Waals surface area (Å²) < 4.78 is 78.5. The molecule has 0 spiro atoms. The molecule has 58 heavy (non-hydrogen) atoms. The normalized spacial score (nSPS) is 12.3. The average Bonchev–Trinajstić information content (AvgIpc) is 3.77. The van der Waals surface area contributed by atoms with Crippen LogP contribution in [0.25, 0.3) is 22.3 Å². The van der Waals surface area contributed by atoms with Gasteiger partial charge in [0, 0.05) is 25.2 Å². The van der Waals surface area contributed by atoms with E-state index >= 15 is 0 Å². The van der Waals surface area contributed by atoms with E-state index in [4.69, 9.17) is 16.5 Å². The molecule has 0 aliphatic rings. The Morgan fingerprint density at radius 3 is 1.33 bits per heavy atom. The van der Waals surface area contributed by atoms with E-state index in [1.165, 1.54) is 16.8 Å². The smallest absolute Gasteiger partial charge is 0.306 e. The van der Waals surface area contributed by atoms with Crippen LogP contribution in [-0.2, 0) is 31.6 Å². The summed E-state index contributed by atoms with van der Waals surface area (Å²) in [5.74, 6) is -2.67. The number of benzene rings is 4. The average molecular weight is 874 g/mol. The summed E-state index contributed by atoms with van der Waals surface area (Å²) in [6.07, 6.45) is 0.106. The van der Waals surface area contributed by atoms with E-state index in [1.807, 2.05) is 0 Å². The van der Waals surface area contributed by atoms with Gasteiger partial charge in [-0.25, -0.2) is 27.5 Å². The number of rotatable bonds is 10. The van der Waals surface area contributed by atoms with Crippen molar-refractivity contribution in [2.75, 3.05) is 23.9 Å². The highest BCUT2D eigenvalue weighted by atomic mass is 32.1. The van der Waals surface area contributed by atoms with Gasteiger partial charge in [0.1, 0.15) is 32.5 Å². The molecule has 0 fully saturated rings. The predicted octanol–water partition coefficient (Wildman–Crippen LogP) is 6.71. The first-order valence-corrected chi connectivity index (χ1v) is 22.2. The summed E-state index contributed by atoms with van der Waals surface area (Å²) >= 11 is 1.91. The number of carbonyl (C=O) groups is 2. The zero-order valence-electron chi connectivity index (χ0n) is 31.3. The molecule has 0 saturated heterocycles. The minimum Gasteiger partial charge on any atom is -0.330 e. The van der Waals surface area contributed by atoms with E-state index in [-0.39, 0.29) is 50.2 Å². The Morgan fingerprint density at radius 1 is 0.638 bits per heavy atom. The van der Waals surface area contributed by atoms with Gasteiger partial charge in [0.2, 0.25) is 19.3 Å². The molecule has 1 unspecified atom stereocenters. The molecule has 0 saturated carbocycles. The van der Waals surface area contributed by atoms with E-state index in [0.29, 0.717) is 38.8 Å². The lowest BCUT2D eigenvalue weighted by molar-refractivity contribution is -0.118. The topological polar surface area (TPSA) is 199 Å². The highest BCUT2D eigenvalue weighted by molar-refractivity contribution is 7.73. The Bertz CT molecular complexity index is 2400. The van der Waals surface area contributed by atoms with Gasteiger partial charge in [-0.2, -0.15) is 0 Å². The van der Waals surface area contributed by atoms with Crippen LogP contribution in [0.5, 0.6) is 0 Å². The SMILES string of the molecule is Cc1nc(N(C)C(=O)Cc2ccc(-c3cc(F)ccc3F)cc2)sc1P(N)(=O)O.Cc1nc(N(C)C(=O)Cc2ccc(-c3cc(F)ccc3F)cc2)sc1P(N)(N)=O. The fourth-order valence-electron chi connectivity index (χ4n) is 5.50. The van der Waals surface area contributed by atoms with Crippen LogP contribution in [-0.4, -0.2) is 40.8 Å². The third-order valence-electron chi connectivity index (χ3n) is 8.55. The molecule has 0 aliphatic carbocycles. The van der Waals surface area contributed by atoms with E-state index in [0.717, 1.165) is 59.1 Å². The minimum absolute atomic E-state index is 0.0375. The lowest BCUT2D eigenvalue weighted by Crippen LogP contribution is -2.27. The number of hydrogen-bond donors (Lipinski definition) is 4. The molecule has 7 N–H and O–H groups in total. The molecule has 12 nitrogen and oxygen atoms in total. The molecule has 0 aliphatic heterocycles. The highest BCUT2D eigenvalue weighted by Gasteiger charge is 2.26. The summed E-state index contributed by atoms with van der Waals surface area (Å²) in [4.78, 5) is 45.7. The van der Waals surface area contributed by atoms with E-state index in [9.17, 15) is 41.2 Å². The Labute approximate surface area is 339 Å². The first-order valence-electron chi connectivity index (χ1n) is 17.0. The quantitative estimate of drug-likeness (QED) is 0.0848. The van der Waals surface area contributed by atoms with Crippen molar-refractivity contribution in [1.82, 2.24) is 9.97 Å². The van der Waals surface area contributed by atoms with Crippen LogP contribution in [0.4, 0.5) is 27.8 Å². The molecule has 2 aromatic heterocycles. The van der Waals surface area contributed by atoms with Gasteiger partial charge in [-0.05, 0) is 72.5 Å². The molecular formula is C38H37F4N7O5P2S2. The second-order valence-electron chi connectivity index (χ2n) is 13.0. The molecule has 304 valence electrons. The van der Waals surface area contributed by atoms with Crippen LogP contribution in [0.2, 0.25) is 0 Å². The number of halogens is 4. The highest BCUT2D eigenvalue weighted by Crippen LogP contribution is 2.36. The third kappa shape index (κ3) is 10.8. The van der Waals surface area contributed by atoms with Crippen LogP contribution in [0, 0.1) is 37.1 Å². The van der Waals surface area contributed by atoms with E-state index in [1.54, 1.807) is 69.4 Å². The van der Waals surface area contributed by atoms with Crippen LogP contribution < -0.4 is 35.5 Å². The molecule has 0 bridgehead atoms. The van der Waals surface area contributed by atoms with Crippen molar-refractivity contribution in [2.24, 2.45) is 16.5 Å². The lowest BCUT2D eigenvalue weighted by Gasteiger charge is -2.14. The van der Waals surface area contributed by atoms with Crippen molar-refractivity contribution in [3.8, 4) is 22.3 Å². The number of anilines is 2. The van der Waals surface area contributed by atoms with Gasteiger partial charge in [0.15, 0.2) is 10.3 Å². The van der Waals surface area contributed by atoms with Crippen LogP contribution in [0.3, 0.4) is 0 Å². The van der Waals surface area contributed by atoms with E-state index < -0.39 is 38.2 Å². The van der Waals surface area contributed by atoms with Gasteiger partial charge in [0.25, 0.3) is 0 Å². The largest absolute Gasteiger partial charge is 0.330 e. The number of aromatic nitrogens is 2. The Morgan fingerprint density at radius 2 is 1.00 bits per heavy atom. The van der Waals surface area contributed by atoms with Gasteiger partial charge >= 0.3 is 7.52 Å². The number of hydrogen-bond acceptors (Lipinski definition) is 8. The number of likely N-dealkylation sites (N-methyl/N-ethyl adjacent to an activating group) is 2. The number of nitrogens with zero attached hydrogens (tertiary/aromatic N) is 4. The van der Waals surface area contributed by atoms with Crippen molar-refractivity contribution in [3.05, 3.63) is 131 Å². The number of amides is 2. The van der Waals surface area contributed by atoms with Crippen molar-refractivity contribution in [3.63, 3.8) is 0 Å². The maximum absolute atomic E-state index is 13.9. The number of nitrogens with two attached hydrogens (primary N) is 3. The monoisotopic (exact) mass is 873 g/mol. The fraction of sp³-hybridized carbons (Fsp3) is 0.158. The lowest BCUT2D eigenvalue weighted by atomic mass is 10.0. The number of aryl methyl sites for hydroxylation is 2. The van der Waals surface area contributed by atoms with E-state index in [2.05, 4.69) is 9.97 Å². The van der Waals surface area contributed by atoms with Crippen molar-refractivity contribution in [2.45, 2.75) is 26.7 Å². The first kappa shape index (κ1) is 44.2. The van der Waals surface area contributed by atoms with Crippen LogP contribution >= 0.6 is 37.6 Å². The number of thiazole rings is 2. The third-order valence-corrected chi connectivity index (χ3v) is 14.7. The summed E-state index contributed by atoms with van der Waals surface area (Å²) in [5, 5.41) is 0.609. The Balaban J connectivity index is 0.000000221. The molecule has 6 aromatic rings. The second-order valence-corrected chi connectivity index (χ2v) is 19.1. The van der Waals surface area contributed by atoms with Crippen molar-refractivity contribution >= 4 is 69.0 Å². The predicted molar refractivity (Wildman–Crippen MR) is 221 cm³/mol.